The number of methoxy groups -OCH3 is 1. The first-order valence-electron chi connectivity index (χ1n) is 9.04. The Labute approximate surface area is 157 Å². The van der Waals surface area contributed by atoms with E-state index < -0.39 is 10.0 Å². The molecule has 1 heterocycles. The fraction of sp³-hybridized carbons (Fsp3) is 0.632. The minimum Gasteiger partial charge on any atom is -0.383 e. The predicted molar refractivity (Wildman–Crippen MR) is 102 cm³/mol. The van der Waals surface area contributed by atoms with Gasteiger partial charge in [0.25, 0.3) is 0 Å². The van der Waals surface area contributed by atoms with Gasteiger partial charge in [-0.1, -0.05) is 17.7 Å². The number of piperidine rings is 1. The monoisotopic (exact) mass is 382 g/mol. The number of ether oxygens (including phenoxy) is 1. The summed E-state index contributed by atoms with van der Waals surface area (Å²) in [4.78, 5) is 12.9. The lowest BCUT2D eigenvalue weighted by Crippen LogP contribution is -2.47. The molecule has 6 nitrogen and oxygen atoms in total. The Morgan fingerprint density at radius 3 is 2.50 bits per heavy atom. The van der Waals surface area contributed by atoms with Gasteiger partial charge < -0.3 is 10.1 Å². The van der Waals surface area contributed by atoms with Crippen molar-refractivity contribution >= 4 is 15.9 Å². The lowest BCUT2D eigenvalue weighted by atomic mass is 9.98. The number of hydrogen-bond acceptors (Lipinski definition) is 4. The van der Waals surface area contributed by atoms with Gasteiger partial charge in [-0.2, -0.15) is 4.31 Å². The summed E-state index contributed by atoms with van der Waals surface area (Å²) in [6.45, 7) is 8.59. The van der Waals surface area contributed by atoms with Crippen molar-refractivity contribution in [1.29, 1.82) is 0 Å². The summed E-state index contributed by atoms with van der Waals surface area (Å²) in [6.07, 6.45) is 1.38. The van der Waals surface area contributed by atoms with E-state index in [1.165, 1.54) is 4.31 Å². The van der Waals surface area contributed by atoms with Crippen LogP contribution in [0.3, 0.4) is 0 Å². The Kier molecular flexibility index (Phi) is 6.82. The summed E-state index contributed by atoms with van der Waals surface area (Å²) < 4.78 is 32.9. The Bertz CT molecular complexity index is 738. The van der Waals surface area contributed by atoms with Crippen LogP contribution in [-0.4, -0.2) is 51.5 Å². The minimum atomic E-state index is -3.62. The highest BCUT2D eigenvalue weighted by molar-refractivity contribution is 7.89. The lowest BCUT2D eigenvalue weighted by molar-refractivity contribution is -0.127. The van der Waals surface area contributed by atoms with E-state index in [0.717, 1.165) is 16.7 Å². The number of aryl methyl sites for hydroxylation is 3. The molecule has 0 aromatic heterocycles. The van der Waals surface area contributed by atoms with Gasteiger partial charge in [0.05, 0.1) is 17.4 Å². The first-order valence-corrected chi connectivity index (χ1v) is 10.5. The average molecular weight is 383 g/mol. The van der Waals surface area contributed by atoms with Gasteiger partial charge in [0.2, 0.25) is 15.9 Å². The molecule has 146 valence electrons. The summed E-state index contributed by atoms with van der Waals surface area (Å²) >= 11 is 0. The van der Waals surface area contributed by atoms with E-state index in [9.17, 15) is 13.2 Å². The lowest BCUT2D eigenvalue weighted by Gasteiger charge is -2.32. The van der Waals surface area contributed by atoms with Crippen LogP contribution in [0.4, 0.5) is 0 Å². The number of amides is 1. The van der Waals surface area contributed by atoms with E-state index in [1.54, 1.807) is 7.11 Å². The molecule has 1 N–H and O–H groups in total. The molecule has 1 saturated heterocycles. The first-order chi connectivity index (χ1) is 12.2. The maximum Gasteiger partial charge on any atom is 0.243 e. The number of rotatable bonds is 6. The predicted octanol–water partition coefficient (Wildman–Crippen LogP) is 2.16. The highest BCUT2D eigenvalue weighted by atomic mass is 32.2. The van der Waals surface area contributed by atoms with Crippen LogP contribution < -0.4 is 5.32 Å². The van der Waals surface area contributed by atoms with Crippen molar-refractivity contribution in [3.8, 4) is 0 Å². The molecule has 1 aliphatic heterocycles. The van der Waals surface area contributed by atoms with Gasteiger partial charge in [-0.3, -0.25) is 4.79 Å². The number of carbonyl (C=O) groups excluding carboxylic acids is 1. The van der Waals surface area contributed by atoms with Gasteiger partial charge in [0, 0.05) is 26.2 Å². The van der Waals surface area contributed by atoms with Crippen LogP contribution in [0.1, 0.15) is 36.5 Å². The molecule has 0 radical (unpaired) electrons. The summed E-state index contributed by atoms with van der Waals surface area (Å²) in [7, 11) is -2.03. The fourth-order valence-electron chi connectivity index (χ4n) is 3.73. The van der Waals surface area contributed by atoms with Crippen molar-refractivity contribution in [3.05, 3.63) is 28.8 Å². The van der Waals surface area contributed by atoms with Crippen LogP contribution in [0, 0.1) is 26.7 Å². The van der Waals surface area contributed by atoms with Gasteiger partial charge >= 0.3 is 0 Å². The third kappa shape index (κ3) is 4.64. The zero-order chi connectivity index (χ0) is 19.5. The van der Waals surface area contributed by atoms with E-state index in [0.29, 0.717) is 30.9 Å². The molecule has 2 rings (SSSR count). The largest absolute Gasteiger partial charge is 0.383 e. The molecule has 2 atom stereocenters. The van der Waals surface area contributed by atoms with Crippen LogP contribution in [0.25, 0.3) is 0 Å². The summed E-state index contributed by atoms with van der Waals surface area (Å²) in [6, 6.07) is 3.68. The Hall–Kier alpha value is -1.44. The smallest absolute Gasteiger partial charge is 0.243 e. The number of hydrogen-bond donors (Lipinski definition) is 1. The second kappa shape index (κ2) is 8.50. The highest BCUT2D eigenvalue weighted by Gasteiger charge is 2.35. The van der Waals surface area contributed by atoms with Crippen LogP contribution in [-0.2, 0) is 19.6 Å². The Morgan fingerprint density at radius 1 is 1.31 bits per heavy atom. The van der Waals surface area contributed by atoms with Crippen LogP contribution >= 0.6 is 0 Å². The molecule has 1 aliphatic rings. The molecular formula is C19H30N2O4S. The number of nitrogens with one attached hydrogen (secondary N) is 1. The zero-order valence-corrected chi connectivity index (χ0v) is 17.1. The van der Waals surface area contributed by atoms with Gasteiger partial charge in [0.15, 0.2) is 0 Å². The minimum absolute atomic E-state index is 0.0962. The van der Waals surface area contributed by atoms with Crippen molar-refractivity contribution < 1.29 is 17.9 Å². The molecular weight excluding hydrogens is 352 g/mol. The van der Waals surface area contributed by atoms with E-state index in [2.05, 4.69) is 5.32 Å². The third-order valence-corrected chi connectivity index (χ3v) is 6.93. The maximum absolute atomic E-state index is 13.2. The van der Waals surface area contributed by atoms with Crippen molar-refractivity contribution in [1.82, 2.24) is 9.62 Å². The third-order valence-electron chi connectivity index (χ3n) is 4.76. The van der Waals surface area contributed by atoms with Crippen molar-refractivity contribution in [2.24, 2.45) is 5.92 Å². The quantitative estimate of drug-likeness (QED) is 0.818. The van der Waals surface area contributed by atoms with Gasteiger partial charge in [-0.25, -0.2) is 8.42 Å². The fourth-order valence-corrected chi connectivity index (χ4v) is 5.67. The molecule has 0 bridgehead atoms. The maximum atomic E-state index is 13.2. The van der Waals surface area contributed by atoms with Gasteiger partial charge in [0.1, 0.15) is 0 Å². The van der Waals surface area contributed by atoms with E-state index in [4.69, 9.17) is 4.74 Å². The molecule has 0 spiro atoms. The van der Waals surface area contributed by atoms with Crippen molar-refractivity contribution in [2.75, 3.05) is 26.8 Å². The van der Waals surface area contributed by atoms with Crippen LogP contribution in [0.2, 0.25) is 0 Å². The van der Waals surface area contributed by atoms with Crippen molar-refractivity contribution in [3.63, 3.8) is 0 Å². The molecule has 26 heavy (non-hydrogen) atoms. The number of nitrogens with zero attached hydrogens (tertiary/aromatic N) is 1. The van der Waals surface area contributed by atoms with E-state index in [-0.39, 0.29) is 24.4 Å². The zero-order valence-electron chi connectivity index (χ0n) is 16.3. The normalized spacial score (nSPS) is 20.0. The standard InChI is InChI=1S/C19H30N2O4S/c1-13-9-14(2)18(15(3)10-13)26(23,24)21-8-6-7-17(11-21)19(22)20-16(4)12-25-5/h9-10,16-17H,6-8,11-12H2,1-5H3,(H,20,22)/t16-,17-/m1/s1. The second-order valence-corrected chi connectivity index (χ2v) is 9.17. The topological polar surface area (TPSA) is 75.7 Å². The van der Waals surface area contributed by atoms with E-state index in [1.807, 2.05) is 39.8 Å². The van der Waals surface area contributed by atoms with E-state index >= 15 is 0 Å². The Morgan fingerprint density at radius 2 is 1.92 bits per heavy atom. The first kappa shape index (κ1) is 20.9. The van der Waals surface area contributed by atoms with Gasteiger partial charge in [-0.05, 0) is 51.7 Å². The average Bonchev–Trinajstić information content (AvgIpc) is 2.53. The second-order valence-electron chi connectivity index (χ2n) is 7.30. The molecule has 1 aromatic carbocycles. The number of benzene rings is 1. The molecule has 1 fully saturated rings. The summed E-state index contributed by atoms with van der Waals surface area (Å²) in [5.41, 5.74) is 2.55. The molecule has 1 aromatic rings. The van der Waals surface area contributed by atoms with Crippen LogP contribution in [0.15, 0.2) is 17.0 Å². The van der Waals surface area contributed by atoms with Crippen LogP contribution in [0.5, 0.6) is 0 Å². The van der Waals surface area contributed by atoms with Gasteiger partial charge in [-0.15, -0.1) is 0 Å². The molecule has 0 saturated carbocycles. The molecule has 0 unspecified atom stereocenters. The summed E-state index contributed by atoms with van der Waals surface area (Å²) in [5.74, 6) is -0.435. The van der Waals surface area contributed by atoms with Crippen molar-refractivity contribution in [2.45, 2.75) is 51.5 Å². The Balaban J connectivity index is 2.19. The number of carbonyl (C=O) groups is 1. The number of sulfonamides is 1. The molecule has 7 heteroatoms. The highest BCUT2D eigenvalue weighted by Crippen LogP contribution is 2.28. The molecule has 0 aliphatic carbocycles. The molecule has 1 amide bonds. The summed E-state index contributed by atoms with van der Waals surface area (Å²) in [5, 5.41) is 2.91. The SMILES string of the molecule is COC[C@@H](C)NC(=O)[C@@H]1CCCN(S(=O)(=O)c2c(C)cc(C)cc2C)C1.